The number of piperidine rings is 1. The third-order valence-electron chi connectivity index (χ3n) is 4.51. The number of nitrogens with zero attached hydrogens (tertiary/aromatic N) is 3. The third kappa shape index (κ3) is 4.32. The van der Waals surface area contributed by atoms with E-state index in [2.05, 4.69) is 20.2 Å². The minimum atomic E-state index is -0.0706. The van der Waals surface area contributed by atoms with Crippen molar-refractivity contribution in [3.8, 4) is 0 Å². The second-order valence-corrected chi connectivity index (χ2v) is 6.11. The van der Waals surface area contributed by atoms with E-state index in [-0.39, 0.29) is 17.5 Å². The zero-order valence-electron chi connectivity index (χ0n) is 13.6. The first-order valence-electron chi connectivity index (χ1n) is 8.36. The third-order valence-corrected chi connectivity index (χ3v) is 4.51. The van der Waals surface area contributed by atoms with Crippen LogP contribution in [0, 0.1) is 5.92 Å². The predicted molar refractivity (Wildman–Crippen MR) is 90.3 cm³/mol. The summed E-state index contributed by atoms with van der Waals surface area (Å²) >= 11 is 0. The second kappa shape index (κ2) is 7.92. The number of H-pyrrole nitrogens is 1. The van der Waals surface area contributed by atoms with E-state index in [4.69, 9.17) is 0 Å². The molecule has 0 aromatic carbocycles. The summed E-state index contributed by atoms with van der Waals surface area (Å²) in [6, 6.07) is 5.69. The van der Waals surface area contributed by atoms with Crippen molar-refractivity contribution in [3.05, 3.63) is 53.0 Å². The van der Waals surface area contributed by atoms with Gasteiger partial charge in [-0.3, -0.25) is 14.3 Å². The summed E-state index contributed by atoms with van der Waals surface area (Å²) in [6.07, 6.45) is 6.86. The van der Waals surface area contributed by atoms with Crippen LogP contribution in [0.5, 0.6) is 0 Å². The Morgan fingerprint density at radius 3 is 2.79 bits per heavy atom. The first-order valence-corrected chi connectivity index (χ1v) is 8.36. The van der Waals surface area contributed by atoms with Gasteiger partial charge >= 0.3 is 5.69 Å². The molecule has 2 aromatic rings. The number of hydrogen-bond donors (Lipinski definition) is 2. The van der Waals surface area contributed by atoms with Gasteiger partial charge in [-0.05, 0) is 38.1 Å². The summed E-state index contributed by atoms with van der Waals surface area (Å²) < 4.78 is 1.67. The second-order valence-electron chi connectivity index (χ2n) is 6.11. The minimum Gasteiger partial charge on any atom is -0.350 e. The van der Waals surface area contributed by atoms with E-state index < -0.39 is 0 Å². The maximum atomic E-state index is 12.3. The number of likely N-dealkylation sites (tertiary alicyclic amines) is 1. The molecule has 0 bridgehead atoms. The molecule has 0 saturated carbocycles. The van der Waals surface area contributed by atoms with Crippen LogP contribution in [0.4, 0.5) is 0 Å². The van der Waals surface area contributed by atoms with E-state index in [9.17, 15) is 9.59 Å². The van der Waals surface area contributed by atoms with Gasteiger partial charge in [0.15, 0.2) is 0 Å². The Balaban J connectivity index is 1.39. The van der Waals surface area contributed by atoms with Crippen LogP contribution in [0.25, 0.3) is 0 Å². The first-order chi connectivity index (χ1) is 11.7. The van der Waals surface area contributed by atoms with Gasteiger partial charge in [0.2, 0.25) is 5.91 Å². The maximum Gasteiger partial charge on any atom is 0.325 e. The highest BCUT2D eigenvalue weighted by atomic mass is 16.2. The van der Waals surface area contributed by atoms with Crippen molar-refractivity contribution in [2.75, 3.05) is 19.6 Å². The standard InChI is InChI=1S/C17H23N5O2/c23-16(20-13-15-3-1-2-6-18-15)14-4-8-21(9-5-14)11-12-22-10-7-19-17(22)24/h1-3,6-7,10,14H,4-5,8-9,11-13H2,(H,19,24)(H,20,23). The van der Waals surface area contributed by atoms with Gasteiger partial charge in [-0.1, -0.05) is 6.07 Å². The van der Waals surface area contributed by atoms with Crippen molar-refractivity contribution in [1.82, 2.24) is 24.8 Å². The lowest BCUT2D eigenvalue weighted by Gasteiger charge is -2.31. The smallest absolute Gasteiger partial charge is 0.325 e. The highest BCUT2D eigenvalue weighted by Crippen LogP contribution is 2.17. The molecule has 2 N–H and O–H groups in total. The lowest BCUT2D eigenvalue weighted by Crippen LogP contribution is -2.41. The van der Waals surface area contributed by atoms with E-state index >= 15 is 0 Å². The molecule has 0 radical (unpaired) electrons. The van der Waals surface area contributed by atoms with Crippen molar-refractivity contribution in [1.29, 1.82) is 0 Å². The van der Waals surface area contributed by atoms with Crippen molar-refractivity contribution >= 4 is 5.91 Å². The van der Waals surface area contributed by atoms with Crippen LogP contribution < -0.4 is 11.0 Å². The lowest BCUT2D eigenvalue weighted by atomic mass is 9.96. The number of aromatic nitrogens is 3. The SMILES string of the molecule is O=C(NCc1ccccn1)C1CCN(CCn2cc[nH]c2=O)CC1. The van der Waals surface area contributed by atoms with Crippen LogP contribution in [0.3, 0.4) is 0 Å². The Morgan fingerprint density at radius 2 is 2.12 bits per heavy atom. The molecule has 0 spiro atoms. The zero-order chi connectivity index (χ0) is 16.8. The van der Waals surface area contributed by atoms with Crippen LogP contribution in [-0.2, 0) is 17.9 Å². The van der Waals surface area contributed by atoms with Crippen LogP contribution in [0.1, 0.15) is 18.5 Å². The number of pyridine rings is 1. The van der Waals surface area contributed by atoms with E-state index in [1.54, 1.807) is 23.2 Å². The Labute approximate surface area is 140 Å². The summed E-state index contributed by atoms with van der Waals surface area (Å²) in [5.74, 6) is 0.183. The number of rotatable bonds is 6. The maximum absolute atomic E-state index is 12.3. The van der Waals surface area contributed by atoms with Gasteiger partial charge in [0.25, 0.3) is 0 Å². The van der Waals surface area contributed by atoms with E-state index in [0.717, 1.165) is 38.2 Å². The zero-order valence-corrected chi connectivity index (χ0v) is 13.6. The van der Waals surface area contributed by atoms with E-state index in [0.29, 0.717) is 13.1 Å². The molecule has 7 heteroatoms. The molecule has 1 aliphatic rings. The van der Waals surface area contributed by atoms with Gasteiger partial charge < -0.3 is 15.2 Å². The average Bonchev–Trinajstić information content (AvgIpc) is 3.04. The van der Waals surface area contributed by atoms with Crippen LogP contribution in [0.15, 0.2) is 41.6 Å². The van der Waals surface area contributed by atoms with E-state index in [1.807, 2.05) is 18.2 Å². The molecule has 0 unspecified atom stereocenters. The molecule has 1 aliphatic heterocycles. The molecule has 1 amide bonds. The fourth-order valence-corrected chi connectivity index (χ4v) is 3.02. The molecule has 7 nitrogen and oxygen atoms in total. The number of nitrogens with one attached hydrogen (secondary N) is 2. The molecule has 0 atom stereocenters. The summed E-state index contributed by atoms with van der Waals surface area (Å²) in [5, 5.41) is 2.98. The Kier molecular flexibility index (Phi) is 5.43. The lowest BCUT2D eigenvalue weighted by molar-refractivity contribution is -0.126. The molecular formula is C17H23N5O2. The fourth-order valence-electron chi connectivity index (χ4n) is 3.02. The predicted octanol–water partition coefficient (Wildman–Crippen LogP) is 0.600. The highest BCUT2D eigenvalue weighted by molar-refractivity contribution is 5.78. The van der Waals surface area contributed by atoms with Crippen molar-refractivity contribution in [3.63, 3.8) is 0 Å². The van der Waals surface area contributed by atoms with Crippen LogP contribution in [-0.4, -0.2) is 45.0 Å². The highest BCUT2D eigenvalue weighted by Gasteiger charge is 2.24. The van der Waals surface area contributed by atoms with Gasteiger partial charge in [-0.15, -0.1) is 0 Å². The molecule has 1 saturated heterocycles. The number of amides is 1. The minimum absolute atomic E-state index is 0.0694. The topological polar surface area (TPSA) is 83.0 Å². The number of imidazole rings is 1. The number of carbonyl (C=O) groups excluding carboxylic acids is 1. The molecule has 0 aliphatic carbocycles. The molecule has 3 heterocycles. The molecule has 24 heavy (non-hydrogen) atoms. The van der Waals surface area contributed by atoms with Crippen molar-refractivity contribution < 1.29 is 4.79 Å². The Morgan fingerprint density at radius 1 is 1.29 bits per heavy atom. The quantitative estimate of drug-likeness (QED) is 0.813. The van der Waals surface area contributed by atoms with Gasteiger partial charge in [-0.2, -0.15) is 0 Å². The monoisotopic (exact) mass is 329 g/mol. The average molecular weight is 329 g/mol. The molecule has 2 aromatic heterocycles. The summed E-state index contributed by atoms with van der Waals surface area (Å²) in [6.45, 7) is 3.77. The van der Waals surface area contributed by atoms with Gasteiger partial charge in [0.05, 0.1) is 12.2 Å². The first kappa shape index (κ1) is 16.4. The molecule has 128 valence electrons. The summed E-state index contributed by atoms with van der Waals surface area (Å²) in [5.41, 5.74) is 0.805. The van der Waals surface area contributed by atoms with Gasteiger partial charge in [0.1, 0.15) is 0 Å². The normalized spacial score (nSPS) is 16.2. The van der Waals surface area contributed by atoms with Gasteiger partial charge in [0, 0.05) is 37.6 Å². The number of carbonyl (C=O) groups is 1. The van der Waals surface area contributed by atoms with Crippen molar-refractivity contribution in [2.24, 2.45) is 5.92 Å². The van der Waals surface area contributed by atoms with E-state index in [1.165, 1.54) is 0 Å². The molecular weight excluding hydrogens is 306 g/mol. The van der Waals surface area contributed by atoms with Crippen LogP contribution in [0.2, 0.25) is 0 Å². The fraction of sp³-hybridized carbons (Fsp3) is 0.471. The summed E-state index contributed by atoms with van der Waals surface area (Å²) in [7, 11) is 0. The molecule has 1 fully saturated rings. The van der Waals surface area contributed by atoms with Crippen LogP contribution >= 0.6 is 0 Å². The van der Waals surface area contributed by atoms with Gasteiger partial charge in [-0.25, -0.2) is 4.79 Å². The van der Waals surface area contributed by atoms with Crippen molar-refractivity contribution in [2.45, 2.75) is 25.9 Å². The largest absolute Gasteiger partial charge is 0.350 e. The number of aromatic amines is 1. The molecule has 3 rings (SSSR count). The number of hydrogen-bond acceptors (Lipinski definition) is 4. The Hall–Kier alpha value is -2.41. The summed E-state index contributed by atoms with van der Waals surface area (Å²) in [4.78, 5) is 32.9. The Bertz CT molecular complexity index is 701.